The minimum absolute atomic E-state index is 0.475. The van der Waals surface area contributed by atoms with Crippen LogP contribution in [0, 0.1) is 0 Å². The number of fused-ring (bicyclic) bond motifs is 1. The van der Waals surface area contributed by atoms with Crippen molar-refractivity contribution >= 4 is 34.9 Å². The molecule has 0 unspecified atom stereocenters. The van der Waals surface area contributed by atoms with E-state index in [4.69, 9.17) is 5.73 Å². The van der Waals surface area contributed by atoms with E-state index in [-0.39, 0.29) is 0 Å². The first-order valence-electron chi connectivity index (χ1n) is 4.73. The Morgan fingerprint density at radius 3 is 2.67 bits per heavy atom. The fourth-order valence-electron chi connectivity index (χ4n) is 1.50. The van der Waals surface area contributed by atoms with Gasteiger partial charge in [-0.3, -0.25) is 0 Å². The molecule has 2 aromatic carbocycles. The summed E-state index contributed by atoms with van der Waals surface area (Å²) in [5, 5.41) is 2.29. The average Bonchev–Trinajstić information content (AvgIpc) is 2.29. The summed E-state index contributed by atoms with van der Waals surface area (Å²) in [6, 6.07) is 14.1. The Morgan fingerprint density at radius 2 is 1.87 bits per heavy atom. The molecule has 0 bridgehead atoms. The Bertz CT molecular complexity index is 500. The molecule has 0 heterocycles. The maximum Gasteiger partial charge on any atom is 0.109 e. The van der Waals surface area contributed by atoms with Gasteiger partial charge in [0.2, 0.25) is 0 Å². The standard InChI is InChI=1S/C12H12N2S/c13-12(8-15)14-11-7-3-5-9-4-1-2-6-10(9)11/h1-7,15H,8H2,(H2,13,14). The highest BCUT2D eigenvalue weighted by molar-refractivity contribution is 7.81. The van der Waals surface area contributed by atoms with Crippen LogP contribution in [-0.2, 0) is 0 Å². The van der Waals surface area contributed by atoms with E-state index in [0.29, 0.717) is 11.6 Å². The summed E-state index contributed by atoms with van der Waals surface area (Å²) < 4.78 is 0. The van der Waals surface area contributed by atoms with Gasteiger partial charge < -0.3 is 5.73 Å². The molecule has 0 aliphatic rings. The van der Waals surface area contributed by atoms with E-state index in [1.165, 1.54) is 5.39 Å². The molecule has 0 saturated carbocycles. The number of hydrogen-bond acceptors (Lipinski definition) is 2. The van der Waals surface area contributed by atoms with Crippen molar-refractivity contribution in [2.45, 2.75) is 0 Å². The lowest BCUT2D eigenvalue weighted by atomic mass is 10.1. The predicted molar refractivity (Wildman–Crippen MR) is 69.1 cm³/mol. The van der Waals surface area contributed by atoms with Crippen LogP contribution in [-0.4, -0.2) is 11.6 Å². The minimum atomic E-state index is 0.475. The average molecular weight is 216 g/mol. The van der Waals surface area contributed by atoms with Gasteiger partial charge in [0, 0.05) is 11.1 Å². The first-order chi connectivity index (χ1) is 7.31. The molecule has 76 valence electrons. The van der Waals surface area contributed by atoms with Crippen molar-refractivity contribution in [3.63, 3.8) is 0 Å². The molecular weight excluding hydrogens is 204 g/mol. The predicted octanol–water partition coefficient (Wildman–Crippen LogP) is 2.76. The molecule has 15 heavy (non-hydrogen) atoms. The largest absolute Gasteiger partial charge is 0.386 e. The Morgan fingerprint density at radius 1 is 1.13 bits per heavy atom. The first-order valence-corrected chi connectivity index (χ1v) is 5.36. The second kappa shape index (κ2) is 4.36. The van der Waals surface area contributed by atoms with Crippen LogP contribution in [0.1, 0.15) is 0 Å². The molecular formula is C12H12N2S. The number of rotatable bonds is 2. The molecule has 0 aliphatic heterocycles. The summed E-state index contributed by atoms with van der Waals surface area (Å²) in [7, 11) is 0. The second-order valence-electron chi connectivity index (χ2n) is 3.26. The van der Waals surface area contributed by atoms with Gasteiger partial charge in [0.25, 0.3) is 0 Å². The summed E-state index contributed by atoms with van der Waals surface area (Å²) in [6.07, 6.45) is 0. The monoisotopic (exact) mass is 216 g/mol. The normalized spacial score (nSPS) is 11.9. The van der Waals surface area contributed by atoms with Crippen LogP contribution in [0.4, 0.5) is 5.69 Å². The zero-order valence-corrected chi connectivity index (χ0v) is 9.11. The highest BCUT2D eigenvalue weighted by Gasteiger charge is 1.98. The molecule has 3 heteroatoms. The van der Waals surface area contributed by atoms with Gasteiger partial charge in [-0.25, -0.2) is 4.99 Å². The van der Waals surface area contributed by atoms with Gasteiger partial charge in [-0.2, -0.15) is 12.6 Å². The van der Waals surface area contributed by atoms with Crippen LogP contribution < -0.4 is 5.73 Å². The summed E-state index contributed by atoms with van der Waals surface area (Å²) >= 11 is 4.08. The van der Waals surface area contributed by atoms with Crippen molar-refractivity contribution in [3.05, 3.63) is 42.5 Å². The number of nitrogens with two attached hydrogens (primary N) is 1. The van der Waals surface area contributed by atoms with E-state index in [0.717, 1.165) is 11.1 Å². The van der Waals surface area contributed by atoms with Crippen molar-refractivity contribution in [2.75, 3.05) is 5.75 Å². The molecule has 0 fully saturated rings. The Balaban J connectivity index is 2.61. The molecule has 0 radical (unpaired) electrons. The summed E-state index contributed by atoms with van der Waals surface area (Å²) in [6.45, 7) is 0. The number of nitrogens with zero attached hydrogens (tertiary/aromatic N) is 1. The van der Waals surface area contributed by atoms with Gasteiger partial charge in [-0.1, -0.05) is 36.4 Å². The van der Waals surface area contributed by atoms with Crippen LogP contribution >= 0.6 is 12.6 Å². The van der Waals surface area contributed by atoms with Crippen LogP contribution in [0.15, 0.2) is 47.5 Å². The van der Waals surface area contributed by atoms with E-state index in [9.17, 15) is 0 Å². The third-order valence-electron chi connectivity index (χ3n) is 2.19. The smallest absolute Gasteiger partial charge is 0.109 e. The van der Waals surface area contributed by atoms with Crippen molar-refractivity contribution < 1.29 is 0 Å². The molecule has 2 aromatic rings. The number of benzene rings is 2. The van der Waals surface area contributed by atoms with Crippen LogP contribution in [0.2, 0.25) is 0 Å². The third-order valence-corrected chi connectivity index (χ3v) is 2.52. The fraction of sp³-hybridized carbons (Fsp3) is 0.0833. The van der Waals surface area contributed by atoms with Crippen LogP contribution in [0.25, 0.3) is 10.8 Å². The second-order valence-corrected chi connectivity index (χ2v) is 3.58. The lowest BCUT2D eigenvalue weighted by Gasteiger charge is -2.02. The van der Waals surface area contributed by atoms with Gasteiger partial charge in [0.15, 0.2) is 0 Å². The molecule has 0 amide bonds. The van der Waals surface area contributed by atoms with E-state index in [2.05, 4.69) is 29.8 Å². The Kier molecular flexibility index (Phi) is 2.92. The van der Waals surface area contributed by atoms with Crippen molar-refractivity contribution in [2.24, 2.45) is 10.7 Å². The third kappa shape index (κ3) is 2.13. The van der Waals surface area contributed by atoms with Crippen molar-refractivity contribution in [1.82, 2.24) is 0 Å². The quantitative estimate of drug-likeness (QED) is 0.452. The maximum atomic E-state index is 5.67. The Hall–Kier alpha value is -1.48. The van der Waals surface area contributed by atoms with Gasteiger partial charge in [0.1, 0.15) is 5.84 Å². The topological polar surface area (TPSA) is 38.4 Å². The zero-order chi connectivity index (χ0) is 10.7. The van der Waals surface area contributed by atoms with E-state index in [1.54, 1.807) is 0 Å². The minimum Gasteiger partial charge on any atom is -0.386 e. The zero-order valence-electron chi connectivity index (χ0n) is 8.22. The van der Waals surface area contributed by atoms with Gasteiger partial charge in [-0.15, -0.1) is 0 Å². The van der Waals surface area contributed by atoms with Crippen LogP contribution in [0.5, 0.6) is 0 Å². The van der Waals surface area contributed by atoms with E-state index < -0.39 is 0 Å². The molecule has 0 aromatic heterocycles. The molecule has 0 spiro atoms. The molecule has 0 saturated heterocycles. The summed E-state index contributed by atoms with van der Waals surface area (Å²) in [4.78, 5) is 4.32. The number of hydrogen-bond donors (Lipinski definition) is 2. The van der Waals surface area contributed by atoms with Gasteiger partial charge in [0.05, 0.1) is 5.69 Å². The summed E-state index contributed by atoms with van der Waals surface area (Å²) in [5.74, 6) is 1.01. The van der Waals surface area contributed by atoms with Crippen LogP contribution in [0.3, 0.4) is 0 Å². The van der Waals surface area contributed by atoms with E-state index >= 15 is 0 Å². The molecule has 2 N–H and O–H groups in total. The summed E-state index contributed by atoms with van der Waals surface area (Å²) in [5.41, 5.74) is 6.57. The first kappa shape index (κ1) is 10.1. The molecule has 2 nitrogen and oxygen atoms in total. The van der Waals surface area contributed by atoms with Crippen molar-refractivity contribution in [1.29, 1.82) is 0 Å². The van der Waals surface area contributed by atoms with Crippen molar-refractivity contribution in [3.8, 4) is 0 Å². The van der Waals surface area contributed by atoms with Gasteiger partial charge in [-0.05, 0) is 11.5 Å². The number of thiol groups is 1. The number of aliphatic imine (C=N–C) groups is 1. The lowest BCUT2D eigenvalue weighted by molar-refractivity contribution is 1.48. The maximum absolute atomic E-state index is 5.67. The van der Waals surface area contributed by atoms with Gasteiger partial charge >= 0.3 is 0 Å². The van der Waals surface area contributed by atoms with E-state index in [1.807, 2.05) is 30.3 Å². The molecule has 2 rings (SSSR count). The molecule has 0 aliphatic carbocycles. The Labute approximate surface area is 94.2 Å². The highest BCUT2D eigenvalue weighted by Crippen LogP contribution is 2.25. The lowest BCUT2D eigenvalue weighted by Crippen LogP contribution is -2.12. The highest BCUT2D eigenvalue weighted by atomic mass is 32.1. The SMILES string of the molecule is NC(CS)=Nc1cccc2ccccc12. The fourth-order valence-corrected chi connectivity index (χ4v) is 1.57. The number of amidine groups is 1. The molecule has 0 atom stereocenters.